The van der Waals surface area contributed by atoms with Crippen LogP contribution in [0.1, 0.15) is 10.4 Å². The molecule has 0 bridgehead atoms. The topological polar surface area (TPSA) is 61.6 Å². The van der Waals surface area contributed by atoms with Crippen molar-refractivity contribution in [2.24, 2.45) is 0 Å². The zero-order chi connectivity index (χ0) is 11.5. The quantitative estimate of drug-likeness (QED) is 0.663. The summed E-state index contributed by atoms with van der Waals surface area (Å²) in [6.07, 6.45) is -0.506. The van der Waals surface area contributed by atoms with E-state index in [1.54, 1.807) is 18.2 Å². The van der Waals surface area contributed by atoms with E-state index in [4.69, 9.17) is 15.2 Å². The minimum atomic E-state index is -0.506. The van der Waals surface area contributed by atoms with Gasteiger partial charge in [0.2, 0.25) is 0 Å². The first-order valence-corrected chi connectivity index (χ1v) is 5.76. The van der Waals surface area contributed by atoms with E-state index < -0.39 is 6.10 Å². The number of hydrogen-bond acceptors (Lipinski definition) is 4. The summed E-state index contributed by atoms with van der Waals surface area (Å²) in [4.78, 5) is 12.1. The molecule has 1 aliphatic rings. The van der Waals surface area contributed by atoms with Crippen molar-refractivity contribution in [3.63, 3.8) is 0 Å². The molecule has 16 heavy (non-hydrogen) atoms. The van der Waals surface area contributed by atoms with Gasteiger partial charge in [-0.25, -0.2) is 0 Å². The monoisotopic (exact) mass is 285 g/mol. The Morgan fingerprint density at radius 1 is 1.44 bits per heavy atom. The molecule has 1 heterocycles. The second-order valence-electron chi connectivity index (χ2n) is 3.54. The molecule has 1 fully saturated rings. The second kappa shape index (κ2) is 4.95. The number of halogens is 1. The number of ketones is 1. The normalized spacial score (nSPS) is 20.7. The van der Waals surface area contributed by atoms with E-state index in [9.17, 15) is 4.79 Å². The van der Waals surface area contributed by atoms with Crippen molar-refractivity contribution in [1.29, 1.82) is 0 Å². The molecular formula is C11H12BrNO3. The summed E-state index contributed by atoms with van der Waals surface area (Å²) in [6.45, 7) is 1.32. The van der Waals surface area contributed by atoms with Crippen LogP contribution in [-0.2, 0) is 9.47 Å². The Morgan fingerprint density at radius 2 is 2.25 bits per heavy atom. The summed E-state index contributed by atoms with van der Waals surface area (Å²) in [6, 6.07) is 5.10. The molecule has 1 atom stereocenters. The minimum absolute atomic E-state index is 0.0772. The molecule has 0 aromatic heterocycles. The van der Waals surface area contributed by atoms with Crippen LogP contribution in [0.25, 0.3) is 0 Å². The third-order valence-corrected chi connectivity index (χ3v) is 3.02. The summed E-state index contributed by atoms with van der Waals surface area (Å²) in [5, 5.41) is 0. The molecule has 5 heteroatoms. The first kappa shape index (κ1) is 11.6. The van der Waals surface area contributed by atoms with Gasteiger partial charge in [-0.05, 0) is 34.1 Å². The van der Waals surface area contributed by atoms with Gasteiger partial charge in [-0.1, -0.05) is 0 Å². The van der Waals surface area contributed by atoms with Crippen LogP contribution in [0.4, 0.5) is 5.69 Å². The smallest absolute Gasteiger partial charge is 0.195 e. The van der Waals surface area contributed by atoms with E-state index in [1.807, 2.05) is 0 Å². The van der Waals surface area contributed by atoms with Crippen molar-refractivity contribution in [2.75, 3.05) is 25.6 Å². The number of anilines is 1. The minimum Gasteiger partial charge on any atom is -0.399 e. The molecule has 0 aliphatic carbocycles. The molecule has 0 saturated carbocycles. The van der Waals surface area contributed by atoms with Crippen molar-refractivity contribution >= 4 is 27.4 Å². The van der Waals surface area contributed by atoms with Gasteiger partial charge in [0, 0.05) is 15.7 Å². The number of carbonyl (C=O) groups is 1. The highest BCUT2D eigenvalue weighted by atomic mass is 79.9. The molecule has 2 N–H and O–H groups in total. The number of rotatable bonds is 2. The average Bonchev–Trinajstić information content (AvgIpc) is 2.29. The lowest BCUT2D eigenvalue weighted by molar-refractivity contribution is -0.0719. The van der Waals surface area contributed by atoms with Gasteiger partial charge in [-0.15, -0.1) is 0 Å². The number of nitrogen functional groups attached to an aromatic ring is 1. The third-order valence-electron chi connectivity index (χ3n) is 2.37. The largest absolute Gasteiger partial charge is 0.399 e. The maximum Gasteiger partial charge on any atom is 0.195 e. The zero-order valence-corrected chi connectivity index (χ0v) is 10.2. The van der Waals surface area contributed by atoms with E-state index in [0.717, 1.165) is 0 Å². The van der Waals surface area contributed by atoms with E-state index in [0.29, 0.717) is 35.5 Å². The van der Waals surface area contributed by atoms with Gasteiger partial charge in [-0.3, -0.25) is 4.79 Å². The molecular weight excluding hydrogens is 274 g/mol. The van der Waals surface area contributed by atoms with Gasteiger partial charge in [0.15, 0.2) is 5.78 Å². The Morgan fingerprint density at radius 3 is 2.88 bits per heavy atom. The fourth-order valence-electron chi connectivity index (χ4n) is 1.54. The van der Waals surface area contributed by atoms with Crippen molar-refractivity contribution in [2.45, 2.75) is 6.10 Å². The van der Waals surface area contributed by atoms with Crippen LogP contribution in [0.2, 0.25) is 0 Å². The number of Topliss-reactive ketones (excluding diaryl/α,β-unsaturated/α-hetero) is 1. The third kappa shape index (κ3) is 2.42. The first-order valence-electron chi connectivity index (χ1n) is 4.97. The zero-order valence-electron chi connectivity index (χ0n) is 8.61. The lowest BCUT2D eigenvalue weighted by atomic mass is 10.1. The predicted molar refractivity (Wildman–Crippen MR) is 63.4 cm³/mol. The van der Waals surface area contributed by atoms with Crippen molar-refractivity contribution < 1.29 is 14.3 Å². The van der Waals surface area contributed by atoms with Gasteiger partial charge in [-0.2, -0.15) is 0 Å². The summed E-state index contributed by atoms with van der Waals surface area (Å²) in [5.41, 5.74) is 6.80. The number of hydrogen-bond donors (Lipinski definition) is 1. The second-order valence-corrected chi connectivity index (χ2v) is 4.39. The fourth-order valence-corrected chi connectivity index (χ4v) is 2.14. The van der Waals surface area contributed by atoms with Gasteiger partial charge >= 0.3 is 0 Å². The van der Waals surface area contributed by atoms with Gasteiger partial charge in [0.25, 0.3) is 0 Å². The Hall–Kier alpha value is -0.910. The Bertz CT molecular complexity index is 402. The highest BCUT2D eigenvalue weighted by Gasteiger charge is 2.25. The number of benzene rings is 1. The average molecular weight is 286 g/mol. The maximum absolute atomic E-state index is 12.1. The van der Waals surface area contributed by atoms with Crippen LogP contribution in [0, 0.1) is 0 Å². The molecule has 1 aromatic rings. The van der Waals surface area contributed by atoms with Crippen LogP contribution in [0.5, 0.6) is 0 Å². The maximum atomic E-state index is 12.1. The van der Waals surface area contributed by atoms with Gasteiger partial charge in [0.1, 0.15) is 6.10 Å². The van der Waals surface area contributed by atoms with E-state index in [2.05, 4.69) is 15.9 Å². The molecule has 0 spiro atoms. The molecule has 1 aromatic carbocycles. The highest BCUT2D eigenvalue weighted by Crippen LogP contribution is 2.22. The fraction of sp³-hybridized carbons (Fsp3) is 0.364. The molecule has 1 saturated heterocycles. The molecule has 86 valence electrons. The summed E-state index contributed by atoms with van der Waals surface area (Å²) < 4.78 is 11.2. The lowest BCUT2D eigenvalue weighted by Crippen LogP contribution is -2.35. The number of carbonyl (C=O) groups excluding carboxylic acids is 1. The molecule has 1 aliphatic heterocycles. The molecule has 0 amide bonds. The van der Waals surface area contributed by atoms with Crippen molar-refractivity contribution in [1.82, 2.24) is 0 Å². The van der Waals surface area contributed by atoms with Crippen LogP contribution in [0.15, 0.2) is 22.7 Å². The summed E-state index contributed by atoms with van der Waals surface area (Å²) >= 11 is 3.32. The number of ether oxygens (including phenoxy) is 2. The molecule has 2 rings (SSSR count). The predicted octanol–water partition coefficient (Wildman–Crippen LogP) is 1.63. The van der Waals surface area contributed by atoms with Crippen molar-refractivity contribution in [3.8, 4) is 0 Å². The van der Waals surface area contributed by atoms with E-state index in [-0.39, 0.29) is 5.78 Å². The molecule has 0 radical (unpaired) electrons. The molecule has 4 nitrogen and oxygen atoms in total. The Balaban J connectivity index is 2.19. The SMILES string of the molecule is Nc1ccc(C(=O)C2COCCO2)c(Br)c1. The van der Waals surface area contributed by atoms with Crippen molar-refractivity contribution in [3.05, 3.63) is 28.2 Å². The first-order chi connectivity index (χ1) is 7.68. The molecule has 1 unspecified atom stereocenters. The highest BCUT2D eigenvalue weighted by molar-refractivity contribution is 9.10. The van der Waals surface area contributed by atoms with Crippen LogP contribution in [0.3, 0.4) is 0 Å². The van der Waals surface area contributed by atoms with Gasteiger partial charge < -0.3 is 15.2 Å². The van der Waals surface area contributed by atoms with Crippen LogP contribution >= 0.6 is 15.9 Å². The Kier molecular flexibility index (Phi) is 3.58. The number of nitrogens with two attached hydrogens (primary N) is 1. The summed E-state index contributed by atoms with van der Waals surface area (Å²) in [5.74, 6) is -0.0772. The van der Waals surface area contributed by atoms with Crippen LogP contribution in [-0.4, -0.2) is 31.7 Å². The van der Waals surface area contributed by atoms with E-state index >= 15 is 0 Å². The standard InChI is InChI=1S/C11H12BrNO3/c12-9-5-7(13)1-2-8(9)11(14)10-6-15-3-4-16-10/h1-2,5,10H,3-4,6,13H2. The van der Waals surface area contributed by atoms with Gasteiger partial charge in [0.05, 0.1) is 19.8 Å². The van der Waals surface area contributed by atoms with Crippen LogP contribution < -0.4 is 5.73 Å². The summed E-state index contributed by atoms with van der Waals surface area (Å²) in [7, 11) is 0. The Labute approximate surface area is 102 Å². The van der Waals surface area contributed by atoms with E-state index in [1.165, 1.54) is 0 Å². The lowest BCUT2D eigenvalue weighted by Gasteiger charge is -2.22.